The number of benzene rings is 1. The van der Waals surface area contributed by atoms with E-state index in [2.05, 4.69) is 42.7 Å². The van der Waals surface area contributed by atoms with Crippen LogP contribution in [-0.4, -0.2) is 54.5 Å². The minimum absolute atomic E-state index is 0.293. The molecule has 0 amide bonds. The Morgan fingerprint density at radius 3 is 2.71 bits per heavy atom. The summed E-state index contributed by atoms with van der Waals surface area (Å²) < 4.78 is 16.5. The summed E-state index contributed by atoms with van der Waals surface area (Å²) in [7, 11) is 0. The van der Waals surface area contributed by atoms with Crippen LogP contribution in [0.2, 0.25) is 0 Å². The molecule has 0 bridgehead atoms. The van der Waals surface area contributed by atoms with Crippen LogP contribution >= 0.6 is 11.3 Å². The van der Waals surface area contributed by atoms with E-state index in [1.807, 2.05) is 6.07 Å². The maximum atomic E-state index is 5.58. The molecular formula is C23H28N4O3S. The Labute approximate surface area is 186 Å². The van der Waals surface area contributed by atoms with E-state index in [0.717, 1.165) is 73.9 Å². The molecule has 3 aromatic rings. The summed E-state index contributed by atoms with van der Waals surface area (Å²) in [4.78, 5) is 17.1. The topological polar surface area (TPSA) is 60.0 Å². The molecule has 1 aromatic carbocycles. The first kappa shape index (κ1) is 20.5. The van der Waals surface area contributed by atoms with Crippen molar-refractivity contribution in [2.24, 2.45) is 0 Å². The van der Waals surface area contributed by atoms with E-state index in [1.54, 1.807) is 11.3 Å². The molecule has 4 heterocycles. The fourth-order valence-corrected chi connectivity index (χ4v) is 5.17. The summed E-state index contributed by atoms with van der Waals surface area (Å²) in [6.07, 6.45) is 0. The quantitative estimate of drug-likeness (QED) is 0.576. The molecule has 5 rings (SSSR count). The third-order valence-electron chi connectivity index (χ3n) is 6.02. The van der Waals surface area contributed by atoms with Gasteiger partial charge >= 0.3 is 0 Å². The van der Waals surface area contributed by atoms with Crippen molar-refractivity contribution in [1.82, 2.24) is 14.9 Å². The molecule has 164 valence electrons. The summed E-state index contributed by atoms with van der Waals surface area (Å²) in [5.74, 6) is 3.54. The Hall–Kier alpha value is -2.42. The van der Waals surface area contributed by atoms with E-state index in [9.17, 15) is 0 Å². The van der Waals surface area contributed by atoms with Crippen LogP contribution < -0.4 is 14.4 Å². The third-order valence-corrected chi connectivity index (χ3v) is 7.12. The van der Waals surface area contributed by atoms with E-state index >= 15 is 0 Å². The van der Waals surface area contributed by atoms with E-state index in [4.69, 9.17) is 24.2 Å². The van der Waals surface area contributed by atoms with Crippen molar-refractivity contribution < 1.29 is 14.2 Å². The lowest BCUT2D eigenvalue weighted by atomic mass is 10.1. The predicted molar refractivity (Wildman–Crippen MR) is 122 cm³/mol. The molecule has 2 aliphatic rings. The van der Waals surface area contributed by atoms with Gasteiger partial charge in [0.05, 0.1) is 25.1 Å². The summed E-state index contributed by atoms with van der Waals surface area (Å²) in [6.45, 7) is 12.6. The fourth-order valence-electron chi connectivity index (χ4n) is 4.13. The highest BCUT2D eigenvalue weighted by Crippen LogP contribution is 2.37. The van der Waals surface area contributed by atoms with Gasteiger partial charge in [-0.3, -0.25) is 4.90 Å². The number of thiophene rings is 1. The van der Waals surface area contributed by atoms with E-state index in [-0.39, 0.29) is 0 Å². The molecule has 0 aliphatic carbocycles. The van der Waals surface area contributed by atoms with Crippen molar-refractivity contribution in [2.75, 3.05) is 44.5 Å². The van der Waals surface area contributed by atoms with Crippen molar-refractivity contribution in [1.29, 1.82) is 0 Å². The van der Waals surface area contributed by atoms with E-state index < -0.39 is 0 Å². The summed E-state index contributed by atoms with van der Waals surface area (Å²) >= 11 is 1.76. The predicted octanol–water partition coefficient (Wildman–Crippen LogP) is 3.90. The first-order valence-corrected chi connectivity index (χ1v) is 11.6. The number of rotatable bonds is 6. The Bertz CT molecular complexity index is 1090. The molecule has 1 saturated heterocycles. The molecule has 2 aromatic heterocycles. The molecule has 7 nitrogen and oxygen atoms in total. The Morgan fingerprint density at radius 1 is 1.10 bits per heavy atom. The molecule has 1 fully saturated rings. The maximum Gasteiger partial charge on any atom is 0.231 e. The van der Waals surface area contributed by atoms with Crippen LogP contribution in [0.4, 0.5) is 5.82 Å². The SMILES string of the molecule is CCN(Cc1ccc2c(c1)OCO2)c1nc(CN2CCOCC2)nc2sc(C)c(C)c12. The maximum absolute atomic E-state index is 5.58. The molecule has 8 heteroatoms. The first-order chi connectivity index (χ1) is 15.1. The van der Waals surface area contributed by atoms with E-state index in [0.29, 0.717) is 6.79 Å². The average molecular weight is 441 g/mol. The zero-order chi connectivity index (χ0) is 21.4. The molecule has 0 N–H and O–H groups in total. The van der Waals surface area contributed by atoms with Gasteiger partial charge in [0, 0.05) is 31.1 Å². The van der Waals surface area contributed by atoms with Crippen molar-refractivity contribution in [3.8, 4) is 11.5 Å². The first-order valence-electron chi connectivity index (χ1n) is 10.8. The molecule has 31 heavy (non-hydrogen) atoms. The van der Waals surface area contributed by atoms with Crippen molar-refractivity contribution in [2.45, 2.75) is 33.9 Å². The highest BCUT2D eigenvalue weighted by atomic mass is 32.1. The number of aromatic nitrogens is 2. The van der Waals surface area contributed by atoms with Crippen LogP contribution in [-0.2, 0) is 17.8 Å². The lowest BCUT2D eigenvalue weighted by Crippen LogP contribution is -2.36. The van der Waals surface area contributed by atoms with Crippen LogP contribution in [0.25, 0.3) is 10.2 Å². The summed E-state index contributed by atoms with van der Waals surface area (Å²) in [5.41, 5.74) is 2.45. The van der Waals surface area contributed by atoms with Crippen LogP contribution in [0.15, 0.2) is 18.2 Å². The number of hydrogen-bond donors (Lipinski definition) is 0. The number of fused-ring (bicyclic) bond motifs is 2. The van der Waals surface area contributed by atoms with Gasteiger partial charge in [-0.15, -0.1) is 11.3 Å². The molecule has 0 radical (unpaired) electrons. The highest BCUT2D eigenvalue weighted by molar-refractivity contribution is 7.18. The standard InChI is InChI=1S/C23H28N4O3S/c1-4-27(12-17-5-6-18-19(11-17)30-14-29-18)22-21-15(2)16(3)31-23(21)25-20(24-22)13-26-7-9-28-10-8-26/h5-6,11H,4,7-10,12-14H2,1-3H3. The smallest absolute Gasteiger partial charge is 0.231 e. The van der Waals surface area contributed by atoms with Crippen molar-refractivity contribution in [3.63, 3.8) is 0 Å². The van der Waals surface area contributed by atoms with Crippen molar-refractivity contribution in [3.05, 3.63) is 40.0 Å². The van der Waals surface area contributed by atoms with Gasteiger partial charge in [-0.05, 0) is 44.0 Å². The van der Waals surface area contributed by atoms with Crippen LogP contribution in [0, 0.1) is 13.8 Å². The average Bonchev–Trinajstić information content (AvgIpc) is 3.36. The minimum atomic E-state index is 0.293. The van der Waals surface area contributed by atoms with Gasteiger partial charge in [0.2, 0.25) is 6.79 Å². The fraction of sp³-hybridized carbons (Fsp3) is 0.478. The zero-order valence-electron chi connectivity index (χ0n) is 18.3. The summed E-state index contributed by atoms with van der Waals surface area (Å²) in [6, 6.07) is 6.17. The molecule has 0 unspecified atom stereocenters. The largest absolute Gasteiger partial charge is 0.454 e. The van der Waals surface area contributed by atoms with Crippen molar-refractivity contribution >= 4 is 27.4 Å². The molecule has 0 saturated carbocycles. The number of ether oxygens (including phenoxy) is 3. The Morgan fingerprint density at radius 2 is 1.90 bits per heavy atom. The van der Waals surface area contributed by atoms with Crippen LogP contribution in [0.1, 0.15) is 28.8 Å². The highest BCUT2D eigenvalue weighted by Gasteiger charge is 2.21. The number of hydrogen-bond acceptors (Lipinski definition) is 8. The second-order valence-electron chi connectivity index (χ2n) is 8.02. The molecule has 0 atom stereocenters. The van der Waals surface area contributed by atoms with E-state index in [1.165, 1.54) is 21.4 Å². The van der Waals surface area contributed by atoms with Gasteiger partial charge in [0.15, 0.2) is 11.5 Å². The van der Waals surface area contributed by atoms with Gasteiger partial charge in [0.25, 0.3) is 0 Å². The Balaban J connectivity index is 1.50. The summed E-state index contributed by atoms with van der Waals surface area (Å²) in [5, 5.41) is 1.18. The molecule has 0 spiro atoms. The Kier molecular flexibility index (Phi) is 5.69. The van der Waals surface area contributed by atoms with Crippen LogP contribution in [0.5, 0.6) is 11.5 Å². The number of anilines is 1. The second kappa shape index (κ2) is 8.61. The minimum Gasteiger partial charge on any atom is -0.454 e. The van der Waals surface area contributed by atoms with Gasteiger partial charge in [-0.2, -0.15) is 0 Å². The molecular weight excluding hydrogens is 412 g/mol. The number of nitrogens with zero attached hydrogens (tertiary/aromatic N) is 4. The third kappa shape index (κ3) is 4.07. The zero-order valence-corrected chi connectivity index (χ0v) is 19.1. The normalized spacial score (nSPS) is 16.2. The van der Waals surface area contributed by atoms with Crippen LogP contribution in [0.3, 0.4) is 0 Å². The molecule has 2 aliphatic heterocycles. The number of morpholine rings is 1. The van der Waals surface area contributed by atoms with Gasteiger partial charge in [0.1, 0.15) is 16.5 Å². The number of aryl methyl sites for hydroxylation is 2. The van der Waals surface area contributed by atoms with Gasteiger partial charge in [-0.1, -0.05) is 6.07 Å². The lowest BCUT2D eigenvalue weighted by molar-refractivity contribution is 0.0331. The lowest BCUT2D eigenvalue weighted by Gasteiger charge is -2.27. The second-order valence-corrected chi connectivity index (χ2v) is 9.22. The monoisotopic (exact) mass is 440 g/mol. The van der Waals surface area contributed by atoms with Gasteiger partial charge < -0.3 is 19.1 Å². The van der Waals surface area contributed by atoms with Gasteiger partial charge in [-0.25, -0.2) is 9.97 Å².